The monoisotopic (exact) mass is 498 g/mol. The van der Waals surface area contributed by atoms with Gasteiger partial charge in [0.1, 0.15) is 0 Å². The van der Waals surface area contributed by atoms with Gasteiger partial charge in [0.2, 0.25) is 12.7 Å². The summed E-state index contributed by atoms with van der Waals surface area (Å²) < 4.78 is 10.9. The Labute approximate surface area is 217 Å². The number of amides is 1. The van der Waals surface area contributed by atoms with Crippen LogP contribution in [0.5, 0.6) is 11.5 Å². The zero-order valence-electron chi connectivity index (χ0n) is 22.2. The molecule has 0 radical (unpaired) electrons. The second-order valence-corrected chi connectivity index (χ2v) is 11.3. The first-order chi connectivity index (χ1) is 17.7. The molecule has 36 heavy (non-hydrogen) atoms. The van der Waals surface area contributed by atoms with E-state index in [4.69, 9.17) is 9.47 Å². The van der Waals surface area contributed by atoms with Crippen molar-refractivity contribution >= 4 is 5.91 Å². The summed E-state index contributed by atoms with van der Waals surface area (Å²) in [5.74, 6) is 1.82. The molecule has 1 aromatic rings. The van der Waals surface area contributed by atoms with Crippen molar-refractivity contribution in [1.82, 2.24) is 20.4 Å². The Morgan fingerprint density at radius 1 is 1.00 bits per heavy atom. The van der Waals surface area contributed by atoms with Gasteiger partial charge in [-0.2, -0.15) is 0 Å². The topological polar surface area (TPSA) is 66.1 Å². The molecule has 0 aromatic heterocycles. The van der Waals surface area contributed by atoms with Gasteiger partial charge in [0.05, 0.1) is 6.04 Å². The summed E-state index contributed by atoms with van der Waals surface area (Å²) in [4.78, 5) is 18.7. The highest BCUT2D eigenvalue weighted by Gasteiger charge is 2.41. The van der Waals surface area contributed by atoms with Crippen LogP contribution in [0.15, 0.2) is 18.2 Å². The van der Waals surface area contributed by atoms with E-state index in [1.807, 2.05) is 12.1 Å². The molecule has 2 atom stereocenters. The van der Waals surface area contributed by atoms with E-state index in [1.54, 1.807) is 0 Å². The van der Waals surface area contributed by atoms with Crippen LogP contribution >= 0.6 is 0 Å². The molecule has 0 bridgehead atoms. The van der Waals surface area contributed by atoms with Crippen LogP contribution in [0, 0.1) is 0 Å². The lowest BCUT2D eigenvalue weighted by Gasteiger charge is -2.39. The molecule has 1 amide bonds. The third-order valence-electron chi connectivity index (χ3n) is 8.68. The van der Waals surface area contributed by atoms with E-state index in [0.717, 1.165) is 44.0 Å². The second-order valence-electron chi connectivity index (χ2n) is 11.3. The van der Waals surface area contributed by atoms with Gasteiger partial charge in [-0.25, -0.2) is 0 Å². The molecule has 1 aromatic carbocycles. The number of hydrogen-bond donors (Lipinski definition) is 2. The third kappa shape index (κ3) is 6.53. The number of carbonyl (C=O) groups is 1. The van der Waals surface area contributed by atoms with Crippen molar-refractivity contribution in [2.75, 3.05) is 39.5 Å². The molecule has 7 heteroatoms. The predicted molar refractivity (Wildman–Crippen MR) is 143 cm³/mol. The number of hydrogen-bond acceptors (Lipinski definition) is 6. The van der Waals surface area contributed by atoms with E-state index in [1.165, 1.54) is 69.9 Å². The maximum atomic E-state index is 13.5. The van der Waals surface area contributed by atoms with Crippen molar-refractivity contribution in [1.29, 1.82) is 0 Å². The van der Waals surface area contributed by atoms with Crippen molar-refractivity contribution in [2.24, 2.45) is 0 Å². The smallest absolute Gasteiger partial charge is 0.237 e. The minimum atomic E-state index is -0.0206. The lowest BCUT2D eigenvalue weighted by atomic mass is 10.0. The molecule has 3 heterocycles. The summed E-state index contributed by atoms with van der Waals surface area (Å²) in [5.41, 5.74) is 1.17. The van der Waals surface area contributed by atoms with Crippen LogP contribution in [0.4, 0.5) is 0 Å². The number of nitrogens with zero attached hydrogens (tertiary/aromatic N) is 2. The number of benzene rings is 1. The Morgan fingerprint density at radius 3 is 2.56 bits per heavy atom. The molecule has 5 rings (SSSR count). The van der Waals surface area contributed by atoms with Gasteiger partial charge in [0.15, 0.2) is 11.5 Å². The molecule has 0 unspecified atom stereocenters. The van der Waals surface area contributed by atoms with Gasteiger partial charge >= 0.3 is 0 Å². The standard InChI is InChI=1S/C29H46N4O3/c1-2-15-32-16-12-25(13-17-32)33-20-24(31-23-7-5-3-4-6-8-23)19-26(33)29(34)30-14-11-22-9-10-27-28(18-22)36-21-35-27/h9-10,18,23-26,31H,2-8,11-17,19-21H2,1H3,(H,30,34)/t24-,26-/m0/s1. The Hall–Kier alpha value is -1.83. The molecule has 0 spiro atoms. The molecule has 2 saturated heterocycles. The summed E-state index contributed by atoms with van der Waals surface area (Å²) >= 11 is 0. The lowest BCUT2D eigenvalue weighted by Crippen LogP contribution is -2.51. The van der Waals surface area contributed by atoms with Crippen molar-refractivity contribution in [3.05, 3.63) is 23.8 Å². The maximum absolute atomic E-state index is 13.5. The fourth-order valence-corrected chi connectivity index (χ4v) is 6.76. The van der Waals surface area contributed by atoms with E-state index in [9.17, 15) is 4.79 Å². The molecule has 3 aliphatic heterocycles. The van der Waals surface area contributed by atoms with Gasteiger partial charge < -0.3 is 25.0 Å². The normalized spacial score (nSPS) is 26.2. The maximum Gasteiger partial charge on any atom is 0.237 e. The fraction of sp³-hybridized carbons (Fsp3) is 0.759. The van der Waals surface area contributed by atoms with E-state index < -0.39 is 0 Å². The molecular formula is C29H46N4O3. The third-order valence-corrected chi connectivity index (χ3v) is 8.68. The fourth-order valence-electron chi connectivity index (χ4n) is 6.76. The van der Waals surface area contributed by atoms with Crippen LogP contribution in [-0.2, 0) is 11.2 Å². The minimum Gasteiger partial charge on any atom is -0.454 e. The van der Waals surface area contributed by atoms with Crippen LogP contribution in [0.2, 0.25) is 0 Å². The average Bonchev–Trinajstić information content (AvgIpc) is 3.45. The van der Waals surface area contributed by atoms with E-state index >= 15 is 0 Å². The minimum absolute atomic E-state index is 0.0206. The van der Waals surface area contributed by atoms with E-state index in [-0.39, 0.29) is 11.9 Å². The van der Waals surface area contributed by atoms with Gasteiger partial charge in [0, 0.05) is 31.2 Å². The summed E-state index contributed by atoms with van der Waals surface area (Å²) in [6.07, 6.45) is 13.3. The summed E-state index contributed by atoms with van der Waals surface area (Å²) in [7, 11) is 0. The van der Waals surface area contributed by atoms with Crippen molar-refractivity contribution in [3.63, 3.8) is 0 Å². The van der Waals surface area contributed by atoms with Crippen LogP contribution in [-0.4, -0.2) is 79.4 Å². The molecular weight excluding hydrogens is 452 g/mol. The summed E-state index contributed by atoms with van der Waals surface area (Å²) in [5, 5.41) is 7.27. The van der Waals surface area contributed by atoms with E-state index in [0.29, 0.717) is 31.5 Å². The zero-order valence-corrected chi connectivity index (χ0v) is 22.2. The first kappa shape index (κ1) is 25.8. The Morgan fingerprint density at radius 2 is 1.78 bits per heavy atom. The molecule has 4 aliphatic rings. The molecule has 7 nitrogen and oxygen atoms in total. The van der Waals surface area contributed by atoms with Crippen LogP contribution < -0.4 is 20.1 Å². The number of rotatable bonds is 9. The highest BCUT2D eigenvalue weighted by atomic mass is 16.7. The molecule has 3 fully saturated rings. The Balaban J connectivity index is 1.18. The van der Waals surface area contributed by atoms with Gasteiger partial charge in [-0.05, 0) is 82.3 Å². The molecule has 1 aliphatic carbocycles. The number of likely N-dealkylation sites (tertiary alicyclic amines) is 2. The molecule has 200 valence electrons. The lowest BCUT2D eigenvalue weighted by molar-refractivity contribution is -0.126. The number of ether oxygens (including phenoxy) is 2. The number of carbonyl (C=O) groups excluding carboxylic acids is 1. The zero-order chi connectivity index (χ0) is 24.7. The van der Waals surface area contributed by atoms with Gasteiger partial charge in [0.25, 0.3) is 0 Å². The summed E-state index contributed by atoms with van der Waals surface area (Å²) in [6, 6.07) is 7.61. The largest absolute Gasteiger partial charge is 0.454 e. The predicted octanol–water partition coefficient (Wildman–Crippen LogP) is 3.70. The number of piperidine rings is 1. The number of fused-ring (bicyclic) bond motifs is 1. The molecule has 2 N–H and O–H groups in total. The number of nitrogens with one attached hydrogen (secondary N) is 2. The first-order valence-corrected chi connectivity index (χ1v) is 14.6. The van der Waals surface area contributed by atoms with Gasteiger partial charge in [-0.15, -0.1) is 0 Å². The quantitative estimate of drug-likeness (QED) is 0.506. The summed E-state index contributed by atoms with van der Waals surface area (Å²) in [6.45, 7) is 7.74. The van der Waals surface area contributed by atoms with Crippen LogP contribution in [0.3, 0.4) is 0 Å². The molecule has 1 saturated carbocycles. The van der Waals surface area contributed by atoms with Crippen molar-refractivity contribution in [2.45, 2.75) is 102 Å². The van der Waals surface area contributed by atoms with Crippen molar-refractivity contribution in [3.8, 4) is 11.5 Å². The highest BCUT2D eigenvalue weighted by Crippen LogP contribution is 2.32. The van der Waals surface area contributed by atoms with Gasteiger partial charge in [-0.1, -0.05) is 38.7 Å². The van der Waals surface area contributed by atoms with Gasteiger partial charge in [-0.3, -0.25) is 9.69 Å². The van der Waals surface area contributed by atoms with Crippen LogP contribution in [0.1, 0.15) is 76.7 Å². The van der Waals surface area contributed by atoms with E-state index in [2.05, 4.69) is 33.4 Å². The SMILES string of the molecule is CCCN1CCC(N2C[C@@H](NC3CCCCCC3)C[C@H]2C(=O)NCCc2ccc3c(c2)OCO3)CC1. The average molecular weight is 499 g/mol. The Kier molecular flexibility index (Phi) is 9.04. The van der Waals surface area contributed by atoms with Crippen molar-refractivity contribution < 1.29 is 14.3 Å². The highest BCUT2D eigenvalue weighted by molar-refractivity contribution is 5.82. The second kappa shape index (κ2) is 12.6. The first-order valence-electron chi connectivity index (χ1n) is 14.6. The van der Waals surface area contributed by atoms with Crippen LogP contribution in [0.25, 0.3) is 0 Å². The Bertz CT molecular complexity index is 849.